The van der Waals surface area contributed by atoms with Crippen LogP contribution in [0, 0.1) is 5.82 Å². The second-order valence-electron chi connectivity index (χ2n) is 4.28. The largest absolute Gasteiger partial charge is 0.383 e. The van der Waals surface area contributed by atoms with Crippen molar-refractivity contribution in [1.29, 1.82) is 0 Å². The fourth-order valence-electron chi connectivity index (χ4n) is 1.97. The van der Waals surface area contributed by atoms with Crippen LogP contribution in [-0.4, -0.2) is 47.1 Å². The summed E-state index contributed by atoms with van der Waals surface area (Å²) in [6.45, 7) is 3.21. The summed E-state index contributed by atoms with van der Waals surface area (Å²) in [5.74, 6) is -0.231. The highest BCUT2D eigenvalue weighted by Gasteiger charge is 2.11. The molecule has 2 N–H and O–H groups in total. The number of nitrogens with two attached hydrogens (primary N) is 1. The topological polar surface area (TPSA) is 47.7 Å². The molecule has 0 aliphatic rings. The van der Waals surface area contributed by atoms with E-state index in [1.54, 1.807) is 26.4 Å². The van der Waals surface area contributed by atoms with Crippen molar-refractivity contribution < 1.29 is 13.9 Å². The van der Waals surface area contributed by atoms with E-state index in [0.29, 0.717) is 26.2 Å². The van der Waals surface area contributed by atoms with Crippen molar-refractivity contribution >= 4 is 5.69 Å². The minimum atomic E-state index is -0.231. The average molecular weight is 270 g/mol. The zero-order valence-corrected chi connectivity index (χ0v) is 11.7. The Morgan fingerprint density at radius 2 is 1.79 bits per heavy atom. The van der Waals surface area contributed by atoms with Crippen molar-refractivity contribution in [3.8, 4) is 0 Å². The summed E-state index contributed by atoms with van der Waals surface area (Å²) in [7, 11) is 3.33. The fourth-order valence-corrected chi connectivity index (χ4v) is 1.97. The molecule has 5 heteroatoms. The first-order valence-electron chi connectivity index (χ1n) is 6.44. The van der Waals surface area contributed by atoms with Gasteiger partial charge in [0.15, 0.2) is 0 Å². The Morgan fingerprint density at radius 1 is 1.16 bits per heavy atom. The van der Waals surface area contributed by atoms with E-state index >= 15 is 0 Å². The van der Waals surface area contributed by atoms with Crippen molar-refractivity contribution in [3.05, 3.63) is 29.6 Å². The zero-order chi connectivity index (χ0) is 14.1. The van der Waals surface area contributed by atoms with Gasteiger partial charge in [0.2, 0.25) is 0 Å². The second kappa shape index (κ2) is 8.85. The van der Waals surface area contributed by atoms with Crippen LogP contribution in [0.3, 0.4) is 0 Å². The number of nitrogens with zero attached hydrogens (tertiary/aromatic N) is 1. The van der Waals surface area contributed by atoms with Crippen LogP contribution < -0.4 is 10.6 Å². The highest BCUT2D eigenvalue weighted by Crippen LogP contribution is 2.22. The maximum absolute atomic E-state index is 13.3. The number of benzene rings is 1. The first-order chi connectivity index (χ1) is 9.22. The summed E-state index contributed by atoms with van der Waals surface area (Å²) < 4.78 is 23.6. The molecular weight excluding hydrogens is 247 g/mol. The lowest BCUT2D eigenvalue weighted by atomic mass is 10.1. The lowest BCUT2D eigenvalue weighted by Crippen LogP contribution is -2.31. The summed E-state index contributed by atoms with van der Waals surface area (Å²) in [5, 5.41) is 0. The summed E-state index contributed by atoms with van der Waals surface area (Å²) in [6, 6.07) is 4.82. The van der Waals surface area contributed by atoms with E-state index in [-0.39, 0.29) is 5.82 Å². The minimum absolute atomic E-state index is 0.231. The Balaban J connectivity index is 2.91. The molecular formula is C14H23FN2O2. The number of hydrogen-bond acceptors (Lipinski definition) is 4. The molecule has 0 aliphatic heterocycles. The Bertz CT molecular complexity index is 366. The first-order valence-corrected chi connectivity index (χ1v) is 6.44. The molecule has 0 atom stereocenters. The Morgan fingerprint density at radius 3 is 2.32 bits per heavy atom. The van der Waals surface area contributed by atoms with Gasteiger partial charge in [0.05, 0.1) is 13.2 Å². The van der Waals surface area contributed by atoms with Gasteiger partial charge in [0.25, 0.3) is 0 Å². The van der Waals surface area contributed by atoms with Gasteiger partial charge in [0.1, 0.15) is 5.82 Å². The van der Waals surface area contributed by atoms with Gasteiger partial charge in [-0.15, -0.1) is 0 Å². The van der Waals surface area contributed by atoms with Crippen molar-refractivity contribution in [2.24, 2.45) is 5.73 Å². The SMILES string of the molecule is COCCN(CCOC)c1ccc(F)cc1CCN. The maximum Gasteiger partial charge on any atom is 0.123 e. The smallest absolute Gasteiger partial charge is 0.123 e. The average Bonchev–Trinajstić information content (AvgIpc) is 2.40. The Labute approximate surface area is 114 Å². The molecule has 0 aromatic heterocycles. The summed E-state index contributed by atoms with van der Waals surface area (Å²) in [4.78, 5) is 2.14. The van der Waals surface area contributed by atoms with E-state index in [0.717, 1.165) is 24.3 Å². The standard InChI is InChI=1S/C14H23FN2O2/c1-18-9-7-17(8-10-19-2)14-4-3-13(15)11-12(14)5-6-16/h3-4,11H,5-10,16H2,1-2H3. The van der Waals surface area contributed by atoms with E-state index in [4.69, 9.17) is 15.2 Å². The molecule has 1 aromatic carbocycles. The zero-order valence-electron chi connectivity index (χ0n) is 11.7. The molecule has 1 rings (SSSR count). The van der Waals surface area contributed by atoms with Crippen molar-refractivity contribution in [1.82, 2.24) is 0 Å². The lowest BCUT2D eigenvalue weighted by Gasteiger charge is -2.26. The van der Waals surface area contributed by atoms with Gasteiger partial charge in [-0.2, -0.15) is 0 Å². The number of rotatable bonds is 9. The van der Waals surface area contributed by atoms with Gasteiger partial charge in [-0.05, 0) is 36.7 Å². The fraction of sp³-hybridized carbons (Fsp3) is 0.571. The number of ether oxygens (including phenoxy) is 2. The van der Waals surface area contributed by atoms with Crippen molar-refractivity contribution in [2.75, 3.05) is 52.0 Å². The van der Waals surface area contributed by atoms with Crippen molar-refractivity contribution in [2.45, 2.75) is 6.42 Å². The summed E-state index contributed by atoms with van der Waals surface area (Å²) in [6.07, 6.45) is 0.656. The van der Waals surface area contributed by atoms with Crippen LogP contribution in [-0.2, 0) is 15.9 Å². The van der Waals surface area contributed by atoms with E-state index < -0.39 is 0 Å². The monoisotopic (exact) mass is 270 g/mol. The predicted octanol–water partition coefficient (Wildman–Crippen LogP) is 1.43. The minimum Gasteiger partial charge on any atom is -0.383 e. The van der Waals surface area contributed by atoms with Crippen LogP contribution in [0.2, 0.25) is 0 Å². The van der Waals surface area contributed by atoms with Gasteiger partial charge in [0, 0.05) is 33.0 Å². The molecule has 0 heterocycles. The maximum atomic E-state index is 13.3. The molecule has 0 fully saturated rings. The number of halogens is 1. The third-order valence-electron chi connectivity index (χ3n) is 2.93. The van der Waals surface area contributed by atoms with E-state index in [1.165, 1.54) is 6.07 Å². The molecule has 1 aromatic rings. The third kappa shape index (κ3) is 5.14. The van der Waals surface area contributed by atoms with Crippen LogP contribution in [0.15, 0.2) is 18.2 Å². The first kappa shape index (κ1) is 15.9. The van der Waals surface area contributed by atoms with Crippen LogP contribution in [0.4, 0.5) is 10.1 Å². The number of hydrogen-bond donors (Lipinski definition) is 1. The highest BCUT2D eigenvalue weighted by atomic mass is 19.1. The highest BCUT2D eigenvalue weighted by molar-refractivity contribution is 5.54. The van der Waals surface area contributed by atoms with Gasteiger partial charge >= 0.3 is 0 Å². The van der Waals surface area contributed by atoms with Gasteiger partial charge < -0.3 is 20.1 Å². The third-order valence-corrected chi connectivity index (χ3v) is 2.93. The van der Waals surface area contributed by atoms with Crippen molar-refractivity contribution in [3.63, 3.8) is 0 Å². The molecule has 4 nitrogen and oxygen atoms in total. The van der Waals surface area contributed by atoms with Crippen LogP contribution in [0.5, 0.6) is 0 Å². The molecule has 0 bridgehead atoms. The molecule has 19 heavy (non-hydrogen) atoms. The Kier molecular flexibility index (Phi) is 7.40. The van der Waals surface area contributed by atoms with Gasteiger partial charge in [-0.1, -0.05) is 0 Å². The second-order valence-corrected chi connectivity index (χ2v) is 4.28. The molecule has 0 aliphatic carbocycles. The predicted molar refractivity (Wildman–Crippen MR) is 75.1 cm³/mol. The van der Waals surface area contributed by atoms with Gasteiger partial charge in [-0.25, -0.2) is 4.39 Å². The van der Waals surface area contributed by atoms with Crippen LogP contribution >= 0.6 is 0 Å². The molecule has 0 amide bonds. The van der Waals surface area contributed by atoms with Gasteiger partial charge in [-0.3, -0.25) is 0 Å². The quantitative estimate of drug-likeness (QED) is 0.737. The summed E-state index contributed by atoms with van der Waals surface area (Å²) in [5.41, 5.74) is 7.52. The van der Waals surface area contributed by atoms with Crippen LogP contribution in [0.25, 0.3) is 0 Å². The van der Waals surface area contributed by atoms with E-state index in [2.05, 4.69) is 4.90 Å². The number of anilines is 1. The molecule has 0 saturated heterocycles. The van der Waals surface area contributed by atoms with E-state index in [9.17, 15) is 4.39 Å². The lowest BCUT2D eigenvalue weighted by molar-refractivity contribution is 0.190. The molecule has 0 radical (unpaired) electrons. The molecule has 0 unspecified atom stereocenters. The Hall–Kier alpha value is -1.17. The normalized spacial score (nSPS) is 10.7. The molecule has 108 valence electrons. The molecule has 0 spiro atoms. The summed E-state index contributed by atoms with van der Waals surface area (Å²) >= 11 is 0. The number of methoxy groups -OCH3 is 2. The molecule has 0 saturated carbocycles. The van der Waals surface area contributed by atoms with Crippen LogP contribution in [0.1, 0.15) is 5.56 Å². The van der Waals surface area contributed by atoms with E-state index in [1.807, 2.05) is 0 Å².